The fourth-order valence-electron chi connectivity index (χ4n) is 2.25. The van der Waals surface area contributed by atoms with Crippen LogP contribution in [-0.2, 0) is 10.3 Å². The Morgan fingerprint density at radius 3 is 2.93 bits per heavy atom. The van der Waals surface area contributed by atoms with E-state index in [4.69, 9.17) is 10.5 Å². The lowest BCUT2D eigenvalue weighted by Crippen LogP contribution is -2.43. The summed E-state index contributed by atoms with van der Waals surface area (Å²) in [7, 11) is 0. The summed E-state index contributed by atoms with van der Waals surface area (Å²) in [6.45, 7) is 0.882. The van der Waals surface area contributed by atoms with Crippen LogP contribution in [0.3, 0.4) is 0 Å². The molecule has 4 heteroatoms. The van der Waals surface area contributed by atoms with E-state index < -0.39 is 0 Å². The van der Waals surface area contributed by atoms with Crippen LogP contribution < -0.4 is 5.73 Å². The van der Waals surface area contributed by atoms with Gasteiger partial charge >= 0.3 is 0 Å². The van der Waals surface area contributed by atoms with Gasteiger partial charge in [-0.05, 0) is 32.1 Å². The number of hydrogen-bond donors (Lipinski definition) is 1. The van der Waals surface area contributed by atoms with Gasteiger partial charge in [0, 0.05) is 12.0 Å². The zero-order valence-electron chi connectivity index (χ0n) is 8.74. The van der Waals surface area contributed by atoms with Crippen LogP contribution in [0.4, 0.5) is 0 Å². The molecule has 3 rings (SSSR count). The molecule has 0 radical (unpaired) electrons. The lowest BCUT2D eigenvalue weighted by molar-refractivity contribution is 0.111. The van der Waals surface area contributed by atoms with Gasteiger partial charge in [0.15, 0.2) is 0 Å². The third-order valence-electron chi connectivity index (χ3n) is 3.48. The summed E-state index contributed by atoms with van der Waals surface area (Å²) in [5.74, 6) is 0. The standard InChI is InChI=1S/C11H16N2OS/c12-11(4-2-5-11)9-7-15-10(13-9)8-3-1-6-14-8/h7-8H,1-6,12H2. The lowest BCUT2D eigenvalue weighted by Gasteiger charge is -2.36. The Hall–Kier alpha value is -0.450. The average molecular weight is 224 g/mol. The third kappa shape index (κ3) is 1.61. The SMILES string of the molecule is NC1(c2csc(C3CCCO3)n2)CCC1. The molecule has 1 atom stereocenters. The maximum absolute atomic E-state index is 6.24. The van der Waals surface area contributed by atoms with E-state index in [1.165, 1.54) is 6.42 Å². The second-order valence-electron chi connectivity index (χ2n) is 4.58. The zero-order valence-corrected chi connectivity index (χ0v) is 9.55. The molecule has 2 fully saturated rings. The van der Waals surface area contributed by atoms with Gasteiger partial charge < -0.3 is 10.5 Å². The average Bonchev–Trinajstić information content (AvgIpc) is 2.84. The molecule has 0 amide bonds. The fourth-order valence-corrected chi connectivity index (χ4v) is 3.26. The summed E-state index contributed by atoms with van der Waals surface area (Å²) in [4.78, 5) is 4.65. The molecule has 3 nitrogen and oxygen atoms in total. The van der Waals surface area contributed by atoms with Crippen LogP contribution >= 0.6 is 11.3 Å². The maximum Gasteiger partial charge on any atom is 0.122 e. The number of ether oxygens (including phenoxy) is 1. The second-order valence-corrected chi connectivity index (χ2v) is 5.47. The molecule has 2 N–H and O–H groups in total. The molecular weight excluding hydrogens is 208 g/mol. The van der Waals surface area contributed by atoms with Gasteiger partial charge in [-0.1, -0.05) is 0 Å². The normalized spacial score (nSPS) is 29.0. The molecule has 1 unspecified atom stereocenters. The molecule has 15 heavy (non-hydrogen) atoms. The van der Waals surface area contributed by atoms with Gasteiger partial charge in [0.05, 0.1) is 11.2 Å². The number of hydrogen-bond acceptors (Lipinski definition) is 4. The van der Waals surface area contributed by atoms with E-state index in [0.717, 1.165) is 43.0 Å². The first kappa shape index (κ1) is 9.75. The zero-order chi connectivity index (χ0) is 10.3. The van der Waals surface area contributed by atoms with E-state index in [1.54, 1.807) is 11.3 Å². The molecule has 2 heterocycles. The Morgan fingerprint density at radius 2 is 2.33 bits per heavy atom. The minimum absolute atomic E-state index is 0.118. The molecule has 82 valence electrons. The number of rotatable bonds is 2. The van der Waals surface area contributed by atoms with Crippen molar-refractivity contribution in [1.29, 1.82) is 0 Å². The summed E-state index contributed by atoms with van der Waals surface area (Å²) < 4.78 is 5.62. The predicted octanol–water partition coefficient (Wildman–Crippen LogP) is 2.33. The van der Waals surface area contributed by atoms with Gasteiger partial charge in [-0.15, -0.1) is 11.3 Å². The molecule has 2 aliphatic rings. The van der Waals surface area contributed by atoms with E-state index in [-0.39, 0.29) is 11.6 Å². The number of thiazole rings is 1. The second kappa shape index (κ2) is 3.54. The third-order valence-corrected chi connectivity index (χ3v) is 4.42. The fraction of sp³-hybridized carbons (Fsp3) is 0.727. The number of nitrogens with zero attached hydrogens (tertiary/aromatic N) is 1. The summed E-state index contributed by atoms with van der Waals surface area (Å²) in [6, 6.07) is 0. The lowest BCUT2D eigenvalue weighted by atomic mass is 9.76. The topological polar surface area (TPSA) is 48.1 Å². The van der Waals surface area contributed by atoms with Crippen molar-refractivity contribution in [3.63, 3.8) is 0 Å². The molecule has 1 aromatic rings. The predicted molar refractivity (Wildman–Crippen MR) is 59.8 cm³/mol. The molecule has 1 saturated carbocycles. The van der Waals surface area contributed by atoms with E-state index >= 15 is 0 Å². The van der Waals surface area contributed by atoms with Crippen molar-refractivity contribution in [2.45, 2.75) is 43.7 Å². The van der Waals surface area contributed by atoms with Crippen LogP contribution in [0.1, 0.15) is 48.9 Å². The summed E-state index contributed by atoms with van der Waals surface area (Å²) in [6.07, 6.45) is 5.93. The van der Waals surface area contributed by atoms with Crippen LogP contribution in [0.5, 0.6) is 0 Å². The maximum atomic E-state index is 6.24. The van der Waals surface area contributed by atoms with Crippen molar-refractivity contribution in [1.82, 2.24) is 4.98 Å². The van der Waals surface area contributed by atoms with E-state index in [2.05, 4.69) is 10.4 Å². The molecule has 1 saturated heterocycles. The Morgan fingerprint density at radius 1 is 1.47 bits per heavy atom. The molecular formula is C11H16N2OS. The van der Waals surface area contributed by atoms with E-state index in [1.807, 2.05) is 0 Å². The first-order valence-corrected chi connectivity index (χ1v) is 6.52. The highest BCUT2D eigenvalue weighted by molar-refractivity contribution is 7.09. The molecule has 1 aromatic heterocycles. The van der Waals surface area contributed by atoms with Gasteiger partial charge in [-0.25, -0.2) is 4.98 Å². The summed E-state index contributed by atoms with van der Waals surface area (Å²) in [5, 5.41) is 3.25. The minimum Gasteiger partial charge on any atom is -0.371 e. The number of aromatic nitrogens is 1. The van der Waals surface area contributed by atoms with Crippen LogP contribution in [-0.4, -0.2) is 11.6 Å². The van der Waals surface area contributed by atoms with Gasteiger partial charge in [0.25, 0.3) is 0 Å². The van der Waals surface area contributed by atoms with Gasteiger partial charge in [-0.3, -0.25) is 0 Å². The van der Waals surface area contributed by atoms with Gasteiger partial charge in [0.2, 0.25) is 0 Å². The quantitative estimate of drug-likeness (QED) is 0.838. The molecule has 1 aliphatic carbocycles. The highest BCUT2D eigenvalue weighted by Crippen LogP contribution is 2.40. The molecule has 1 aliphatic heterocycles. The summed E-state index contributed by atoms with van der Waals surface area (Å²) in [5.41, 5.74) is 7.21. The molecule has 0 aromatic carbocycles. The van der Waals surface area contributed by atoms with Gasteiger partial charge in [0.1, 0.15) is 11.1 Å². The van der Waals surface area contributed by atoms with Crippen molar-refractivity contribution in [2.24, 2.45) is 5.73 Å². The van der Waals surface area contributed by atoms with Crippen LogP contribution in [0, 0.1) is 0 Å². The molecule has 0 bridgehead atoms. The smallest absolute Gasteiger partial charge is 0.122 e. The van der Waals surface area contributed by atoms with Crippen molar-refractivity contribution in [2.75, 3.05) is 6.61 Å². The first-order valence-electron chi connectivity index (χ1n) is 5.64. The van der Waals surface area contributed by atoms with Crippen molar-refractivity contribution in [3.8, 4) is 0 Å². The highest BCUT2D eigenvalue weighted by atomic mass is 32.1. The monoisotopic (exact) mass is 224 g/mol. The van der Waals surface area contributed by atoms with Crippen LogP contribution in [0.15, 0.2) is 5.38 Å². The summed E-state index contributed by atoms with van der Waals surface area (Å²) >= 11 is 1.71. The molecule has 0 spiro atoms. The minimum atomic E-state index is -0.118. The van der Waals surface area contributed by atoms with Gasteiger partial charge in [-0.2, -0.15) is 0 Å². The first-order chi connectivity index (χ1) is 7.28. The van der Waals surface area contributed by atoms with Crippen LogP contribution in [0.25, 0.3) is 0 Å². The largest absolute Gasteiger partial charge is 0.371 e. The number of nitrogens with two attached hydrogens (primary N) is 1. The van der Waals surface area contributed by atoms with Crippen molar-refractivity contribution < 1.29 is 4.74 Å². The highest BCUT2D eigenvalue weighted by Gasteiger charge is 2.37. The van der Waals surface area contributed by atoms with Crippen LogP contribution in [0.2, 0.25) is 0 Å². The Labute approximate surface area is 93.7 Å². The van der Waals surface area contributed by atoms with Crippen molar-refractivity contribution in [3.05, 3.63) is 16.1 Å². The Kier molecular flexibility index (Phi) is 2.30. The van der Waals surface area contributed by atoms with E-state index in [0.29, 0.717) is 0 Å². The van der Waals surface area contributed by atoms with E-state index in [9.17, 15) is 0 Å². The van der Waals surface area contributed by atoms with Crippen molar-refractivity contribution >= 4 is 11.3 Å². The Balaban J connectivity index is 1.80. The Bertz CT molecular complexity index is 353.